The number of aliphatic hydroxyl groups excluding tert-OH is 1. The molecule has 2 rings (SSSR count). The van der Waals surface area contributed by atoms with Gasteiger partial charge in [-0.05, 0) is 25.0 Å². The summed E-state index contributed by atoms with van der Waals surface area (Å²) in [5, 5.41) is 21.6. The summed E-state index contributed by atoms with van der Waals surface area (Å²) >= 11 is 0. The highest BCUT2D eigenvalue weighted by Gasteiger charge is 2.12. The Morgan fingerprint density at radius 3 is 2.83 bits per heavy atom. The van der Waals surface area contributed by atoms with Crippen LogP contribution in [-0.4, -0.2) is 27.4 Å². The molecule has 5 nitrogen and oxygen atoms in total. The fourth-order valence-corrected chi connectivity index (χ4v) is 1.70. The Morgan fingerprint density at radius 1 is 1.44 bits per heavy atom. The van der Waals surface area contributed by atoms with Crippen molar-refractivity contribution in [3.05, 3.63) is 41.6 Å². The van der Waals surface area contributed by atoms with Crippen molar-refractivity contribution in [1.29, 1.82) is 0 Å². The van der Waals surface area contributed by atoms with Crippen LogP contribution < -0.4 is 0 Å². The van der Waals surface area contributed by atoms with Gasteiger partial charge in [-0.15, -0.1) is 0 Å². The molecular formula is C13H13NO4. The Kier molecular flexibility index (Phi) is 3.43. The van der Waals surface area contributed by atoms with Crippen molar-refractivity contribution in [2.45, 2.75) is 19.4 Å². The number of carboxylic acid groups (broad SMARTS) is 1. The summed E-state index contributed by atoms with van der Waals surface area (Å²) in [5.74, 6) is -0.718. The molecule has 1 atom stereocenters. The molecule has 0 aliphatic heterocycles. The number of carboxylic acids is 1. The highest BCUT2D eigenvalue weighted by Crippen LogP contribution is 2.22. The van der Waals surface area contributed by atoms with Crippen LogP contribution in [0.1, 0.15) is 23.0 Å². The van der Waals surface area contributed by atoms with E-state index in [0.29, 0.717) is 12.2 Å². The average Bonchev–Trinajstić information content (AvgIpc) is 2.77. The zero-order chi connectivity index (χ0) is 13.1. The van der Waals surface area contributed by atoms with Gasteiger partial charge in [-0.25, -0.2) is 4.79 Å². The summed E-state index contributed by atoms with van der Waals surface area (Å²) in [6.45, 7) is 1.71. The lowest BCUT2D eigenvalue weighted by Crippen LogP contribution is -2.03. The fraction of sp³-hybridized carbons (Fsp3) is 0.231. The van der Waals surface area contributed by atoms with E-state index in [0.717, 1.165) is 11.1 Å². The minimum Gasteiger partial charge on any atom is -0.476 e. The molecule has 1 aromatic heterocycles. The van der Waals surface area contributed by atoms with Crippen molar-refractivity contribution in [2.75, 3.05) is 0 Å². The van der Waals surface area contributed by atoms with Gasteiger partial charge in [0.1, 0.15) is 0 Å². The molecule has 2 aromatic rings. The van der Waals surface area contributed by atoms with Gasteiger partial charge in [0.25, 0.3) is 0 Å². The molecule has 1 heterocycles. The summed E-state index contributed by atoms with van der Waals surface area (Å²) in [7, 11) is 0. The van der Waals surface area contributed by atoms with Gasteiger partial charge < -0.3 is 14.7 Å². The number of aliphatic hydroxyl groups is 1. The molecule has 2 N–H and O–H groups in total. The number of carbonyl (C=O) groups is 1. The lowest BCUT2D eigenvalue weighted by molar-refractivity contribution is 0.0686. The number of rotatable bonds is 4. The number of hydrogen-bond acceptors (Lipinski definition) is 4. The van der Waals surface area contributed by atoms with E-state index in [-0.39, 0.29) is 5.69 Å². The lowest BCUT2D eigenvalue weighted by atomic mass is 10.0. The molecule has 0 radical (unpaired) electrons. The third-order valence-electron chi connectivity index (χ3n) is 2.47. The van der Waals surface area contributed by atoms with Crippen LogP contribution in [0.25, 0.3) is 11.3 Å². The van der Waals surface area contributed by atoms with E-state index in [1.807, 2.05) is 18.2 Å². The van der Waals surface area contributed by atoms with E-state index in [2.05, 4.69) is 5.16 Å². The van der Waals surface area contributed by atoms with Crippen LogP contribution in [0.15, 0.2) is 34.9 Å². The molecule has 0 bridgehead atoms. The smallest absolute Gasteiger partial charge is 0.358 e. The van der Waals surface area contributed by atoms with Crippen molar-refractivity contribution < 1.29 is 19.5 Å². The topological polar surface area (TPSA) is 83.6 Å². The summed E-state index contributed by atoms with van der Waals surface area (Å²) in [5.41, 5.74) is 1.58. The van der Waals surface area contributed by atoms with E-state index in [4.69, 9.17) is 9.63 Å². The maximum atomic E-state index is 10.7. The van der Waals surface area contributed by atoms with Crippen LogP contribution in [0.3, 0.4) is 0 Å². The molecule has 5 heteroatoms. The SMILES string of the molecule is CC(O)Cc1cccc(-c2cc(C(=O)O)no2)c1. The maximum absolute atomic E-state index is 10.7. The minimum atomic E-state index is -1.12. The van der Waals surface area contributed by atoms with Crippen LogP contribution in [-0.2, 0) is 6.42 Å². The molecular weight excluding hydrogens is 234 g/mol. The van der Waals surface area contributed by atoms with E-state index in [1.165, 1.54) is 6.07 Å². The second kappa shape index (κ2) is 5.01. The standard InChI is InChI=1S/C13H13NO4/c1-8(15)5-9-3-2-4-10(6-9)12-7-11(13(16)17)14-18-12/h2-4,6-8,15H,5H2,1H3,(H,16,17). The second-order valence-corrected chi connectivity index (χ2v) is 4.14. The average molecular weight is 247 g/mol. The van der Waals surface area contributed by atoms with Crippen LogP contribution >= 0.6 is 0 Å². The first-order valence-corrected chi connectivity index (χ1v) is 5.53. The van der Waals surface area contributed by atoms with Gasteiger partial charge in [0.15, 0.2) is 11.5 Å². The molecule has 94 valence electrons. The fourth-order valence-electron chi connectivity index (χ4n) is 1.70. The van der Waals surface area contributed by atoms with Crippen LogP contribution in [0.2, 0.25) is 0 Å². The van der Waals surface area contributed by atoms with Crippen molar-refractivity contribution in [2.24, 2.45) is 0 Å². The first kappa shape index (κ1) is 12.3. The van der Waals surface area contributed by atoms with Gasteiger partial charge in [0.05, 0.1) is 6.10 Å². The van der Waals surface area contributed by atoms with Gasteiger partial charge in [-0.3, -0.25) is 0 Å². The van der Waals surface area contributed by atoms with E-state index >= 15 is 0 Å². The largest absolute Gasteiger partial charge is 0.476 e. The normalized spacial score (nSPS) is 12.3. The van der Waals surface area contributed by atoms with Gasteiger partial charge in [0, 0.05) is 11.6 Å². The highest BCUT2D eigenvalue weighted by atomic mass is 16.5. The molecule has 0 saturated carbocycles. The third-order valence-corrected chi connectivity index (χ3v) is 2.47. The van der Waals surface area contributed by atoms with Crippen molar-refractivity contribution in [1.82, 2.24) is 5.16 Å². The van der Waals surface area contributed by atoms with E-state index < -0.39 is 12.1 Å². The molecule has 1 unspecified atom stereocenters. The lowest BCUT2D eigenvalue weighted by Gasteiger charge is -2.05. The quantitative estimate of drug-likeness (QED) is 0.862. The summed E-state index contributed by atoms with van der Waals surface area (Å²) < 4.78 is 4.98. The van der Waals surface area contributed by atoms with Gasteiger partial charge in [-0.1, -0.05) is 23.4 Å². The predicted octanol–water partition coefficient (Wildman–Crippen LogP) is 1.96. The molecule has 0 aliphatic carbocycles. The van der Waals surface area contributed by atoms with E-state index in [9.17, 15) is 9.90 Å². The molecule has 18 heavy (non-hydrogen) atoms. The second-order valence-electron chi connectivity index (χ2n) is 4.14. The Balaban J connectivity index is 2.29. The summed E-state index contributed by atoms with van der Waals surface area (Å²) in [6, 6.07) is 8.75. The zero-order valence-corrected chi connectivity index (χ0v) is 9.83. The number of aromatic nitrogens is 1. The van der Waals surface area contributed by atoms with Gasteiger partial charge >= 0.3 is 5.97 Å². The summed E-state index contributed by atoms with van der Waals surface area (Å²) in [6.07, 6.45) is 0.109. The minimum absolute atomic E-state index is 0.120. The molecule has 0 aliphatic rings. The van der Waals surface area contributed by atoms with Crippen molar-refractivity contribution >= 4 is 5.97 Å². The van der Waals surface area contributed by atoms with Crippen LogP contribution in [0.4, 0.5) is 0 Å². The predicted molar refractivity (Wildman–Crippen MR) is 64.3 cm³/mol. The summed E-state index contributed by atoms with van der Waals surface area (Å²) in [4.78, 5) is 10.7. The number of nitrogens with zero attached hydrogens (tertiary/aromatic N) is 1. The van der Waals surface area contributed by atoms with Crippen molar-refractivity contribution in [3.63, 3.8) is 0 Å². The number of aromatic carboxylic acids is 1. The third kappa shape index (κ3) is 2.75. The Morgan fingerprint density at radius 2 is 2.22 bits per heavy atom. The van der Waals surface area contributed by atoms with Gasteiger partial charge in [0.2, 0.25) is 0 Å². The monoisotopic (exact) mass is 247 g/mol. The molecule has 0 spiro atoms. The van der Waals surface area contributed by atoms with Crippen molar-refractivity contribution in [3.8, 4) is 11.3 Å². The molecule has 0 fully saturated rings. The Bertz CT molecular complexity index is 560. The zero-order valence-electron chi connectivity index (χ0n) is 9.83. The van der Waals surface area contributed by atoms with Gasteiger partial charge in [-0.2, -0.15) is 0 Å². The van der Waals surface area contributed by atoms with E-state index in [1.54, 1.807) is 13.0 Å². The number of hydrogen-bond donors (Lipinski definition) is 2. The first-order valence-electron chi connectivity index (χ1n) is 5.53. The Labute approximate surface area is 104 Å². The Hall–Kier alpha value is -2.14. The number of benzene rings is 1. The molecule has 1 aromatic carbocycles. The van der Waals surface area contributed by atoms with Crippen LogP contribution in [0.5, 0.6) is 0 Å². The molecule has 0 amide bonds. The highest BCUT2D eigenvalue weighted by molar-refractivity contribution is 5.86. The molecule has 0 saturated heterocycles. The first-order chi connectivity index (χ1) is 8.56. The maximum Gasteiger partial charge on any atom is 0.358 e. The van der Waals surface area contributed by atoms with Crippen LogP contribution in [0, 0.1) is 0 Å².